The number of carbonyl (C=O) groups excluding carboxylic acids is 4. The molecule has 2 aliphatic rings. The Hall–Kier alpha value is -4.25. The number of hydrogen-bond acceptors (Lipinski definition) is 6. The van der Waals surface area contributed by atoms with E-state index in [0.717, 1.165) is 5.56 Å². The average molecular weight is 580 g/mol. The second-order valence-electron chi connectivity index (χ2n) is 10.6. The van der Waals surface area contributed by atoms with Gasteiger partial charge in [0.1, 0.15) is 18.2 Å². The summed E-state index contributed by atoms with van der Waals surface area (Å²) in [7, 11) is 0. The number of nitrogens with one attached hydrogen (secondary N) is 4. The Morgan fingerprint density at radius 2 is 1.69 bits per heavy atom. The third kappa shape index (κ3) is 8.87. The summed E-state index contributed by atoms with van der Waals surface area (Å²) in [6.07, 6.45) is 5.16. The van der Waals surface area contributed by atoms with Crippen LogP contribution in [0.3, 0.4) is 0 Å². The van der Waals surface area contributed by atoms with Crippen LogP contribution in [-0.2, 0) is 20.9 Å². The van der Waals surface area contributed by atoms with Crippen LogP contribution in [0, 0.1) is 11.2 Å². The lowest BCUT2D eigenvalue weighted by Crippen LogP contribution is -2.50. The van der Waals surface area contributed by atoms with E-state index >= 15 is 0 Å². The molecule has 2 aromatic carbocycles. The van der Waals surface area contributed by atoms with E-state index < -0.39 is 5.41 Å². The molecule has 4 rings (SSSR count). The number of ether oxygens (including phenoxy) is 1. The van der Waals surface area contributed by atoms with Gasteiger partial charge in [-0.3, -0.25) is 24.1 Å². The number of halogens is 1. The molecule has 42 heavy (non-hydrogen) atoms. The summed E-state index contributed by atoms with van der Waals surface area (Å²) < 4.78 is 18.8. The summed E-state index contributed by atoms with van der Waals surface area (Å²) in [5, 5.41) is 11.5. The van der Waals surface area contributed by atoms with Gasteiger partial charge in [0.2, 0.25) is 17.7 Å². The van der Waals surface area contributed by atoms with Crippen molar-refractivity contribution in [3.63, 3.8) is 0 Å². The van der Waals surface area contributed by atoms with E-state index in [0.29, 0.717) is 69.7 Å². The van der Waals surface area contributed by atoms with Crippen LogP contribution >= 0.6 is 0 Å². The van der Waals surface area contributed by atoms with Crippen molar-refractivity contribution in [2.24, 2.45) is 5.41 Å². The Morgan fingerprint density at radius 3 is 2.48 bits per heavy atom. The monoisotopic (exact) mass is 579 g/mol. The van der Waals surface area contributed by atoms with E-state index in [-0.39, 0.29) is 49.1 Å². The predicted octanol–water partition coefficient (Wildman–Crippen LogP) is 1.92. The van der Waals surface area contributed by atoms with Gasteiger partial charge in [-0.1, -0.05) is 30.3 Å². The lowest BCUT2D eigenvalue weighted by Gasteiger charge is -2.40. The van der Waals surface area contributed by atoms with Crippen LogP contribution in [0.25, 0.3) is 0 Å². The molecule has 224 valence electrons. The number of fused-ring (bicyclic) bond motifs is 1. The number of hydrogen-bond donors (Lipinski definition) is 4. The van der Waals surface area contributed by atoms with Crippen LogP contribution in [0.5, 0.6) is 5.75 Å². The molecule has 0 saturated carbocycles. The normalized spacial score (nSPS) is 19.6. The summed E-state index contributed by atoms with van der Waals surface area (Å²) >= 11 is 0. The minimum Gasteiger partial charge on any atom is -0.491 e. The van der Waals surface area contributed by atoms with Gasteiger partial charge in [0.25, 0.3) is 5.91 Å². The van der Waals surface area contributed by atoms with Crippen LogP contribution in [0.15, 0.2) is 60.7 Å². The maximum Gasteiger partial charge on any atom is 0.255 e. The summed E-state index contributed by atoms with van der Waals surface area (Å²) in [5.74, 6) is -0.692. The van der Waals surface area contributed by atoms with E-state index in [1.54, 1.807) is 42.5 Å². The van der Waals surface area contributed by atoms with Gasteiger partial charge >= 0.3 is 0 Å². The lowest BCUT2D eigenvalue weighted by atomic mass is 9.74. The van der Waals surface area contributed by atoms with Gasteiger partial charge < -0.3 is 26.0 Å². The van der Waals surface area contributed by atoms with Gasteiger partial charge in [-0.05, 0) is 74.7 Å². The molecule has 0 atom stereocenters. The van der Waals surface area contributed by atoms with Crippen molar-refractivity contribution in [2.45, 2.75) is 32.2 Å². The molecular weight excluding hydrogens is 541 g/mol. The van der Waals surface area contributed by atoms with Crippen LogP contribution in [-0.4, -0.2) is 74.4 Å². The third-order valence-electron chi connectivity index (χ3n) is 7.56. The molecule has 1 spiro atoms. The van der Waals surface area contributed by atoms with Gasteiger partial charge in [0, 0.05) is 19.6 Å². The first-order valence-corrected chi connectivity index (χ1v) is 14.3. The van der Waals surface area contributed by atoms with E-state index in [4.69, 9.17) is 4.74 Å². The zero-order chi connectivity index (χ0) is 29.8. The Labute approximate surface area is 245 Å². The van der Waals surface area contributed by atoms with Crippen molar-refractivity contribution in [1.82, 2.24) is 26.2 Å². The maximum atomic E-state index is 13.4. The molecule has 2 heterocycles. The smallest absolute Gasteiger partial charge is 0.255 e. The summed E-state index contributed by atoms with van der Waals surface area (Å²) in [6.45, 7) is 2.82. The number of rotatable bonds is 4. The number of carbonyl (C=O) groups is 4. The molecule has 10 nitrogen and oxygen atoms in total. The summed E-state index contributed by atoms with van der Waals surface area (Å²) in [6, 6.07) is 12.9. The van der Waals surface area contributed by atoms with Crippen LogP contribution < -0.4 is 26.0 Å². The Balaban J connectivity index is 1.33. The molecule has 0 bridgehead atoms. The molecule has 2 aliphatic heterocycles. The van der Waals surface area contributed by atoms with Crippen molar-refractivity contribution in [1.29, 1.82) is 0 Å². The number of piperidine rings is 1. The number of likely N-dealkylation sites (tertiary alicyclic amines) is 1. The van der Waals surface area contributed by atoms with Crippen molar-refractivity contribution in [3.8, 4) is 5.75 Å². The molecular formula is C31H38FN5O5. The van der Waals surface area contributed by atoms with Crippen LogP contribution in [0.1, 0.15) is 41.6 Å². The minimum atomic E-state index is -0.714. The first-order valence-electron chi connectivity index (χ1n) is 14.3. The predicted molar refractivity (Wildman–Crippen MR) is 155 cm³/mol. The first-order chi connectivity index (χ1) is 20.3. The van der Waals surface area contributed by atoms with E-state index in [1.807, 2.05) is 4.90 Å². The van der Waals surface area contributed by atoms with E-state index in [9.17, 15) is 23.6 Å². The molecule has 0 aliphatic carbocycles. The fourth-order valence-corrected chi connectivity index (χ4v) is 5.07. The largest absolute Gasteiger partial charge is 0.491 e. The van der Waals surface area contributed by atoms with E-state index in [1.165, 1.54) is 18.2 Å². The molecule has 1 fully saturated rings. The maximum absolute atomic E-state index is 13.4. The summed E-state index contributed by atoms with van der Waals surface area (Å²) in [4.78, 5) is 53.0. The van der Waals surface area contributed by atoms with Crippen molar-refractivity contribution in [3.05, 3.63) is 77.6 Å². The minimum absolute atomic E-state index is 0.0980. The number of allylic oxidation sites excluding steroid dienone is 1. The van der Waals surface area contributed by atoms with Gasteiger partial charge in [-0.2, -0.15) is 0 Å². The highest BCUT2D eigenvalue weighted by molar-refractivity contribution is 5.96. The number of amides is 4. The second-order valence-corrected chi connectivity index (χ2v) is 10.6. The highest BCUT2D eigenvalue weighted by Gasteiger charge is 2.40. The zero-order valence-corrected chi connectivity index (χ0v) is 23.6. The molecule has 0 radical (unpaired) electrons. The first kappa shape index (κ1) is 30.7. The van der Waals surface area contributed by atoms with Crippen LogP contribution in [0.4, 0.5) is 4.39 Å². The molecule has 4 N–H and O–H groups in total. The number of nitrogens with zero attached hydrogens (tertiary/aromatic N) is 1. The highest BCUT2D eigenvalue weighted by Crippen LogP contribution is 2.36. The molecule has 0 unspecified atom stereocenters. The number of benzene rings is 2. The molecule has 4 amide bonds. The zero-order valence-electron chi connectivity index (χ0n) is 23.6. The van der Waals surface area contributed by atoms with Gasteiger partial charge in [-0.25, -0.2) is 4.39 Å². The Kier molecular flexibility index (Phi) is 11.0. The molecule has 1 saturated heterocycles. The SMILES string of the molecule is O=C1/C=C/CC2(CCN(CC(=O)NCc3ccc(F)cc3)CC2)C(=O)NCCCNC(=O)c2ccccc2OCCN1. The molecule has 2 aromatic rings. The fraction of sp³-hybridized carbons (Fsp3) is 0.419. The standard InChI is InChI=1S/C31H38FN5O5/c32-24-10-8-23(9-11-24)21-36-28(39)22-37-18-13-31(14-19-37)12-3-7-27(38)33-17-20-42-26-6-2-1-5-25(26)29(40)34-15-4-16-35-30(31)41/h1-3,5-11H,4,12-22H2,(H,33,38)(H,34,40)(H,35,41)(H,36,39)/b7-3+. The van der Waals surface area contributed by atoms with Gasteiger partial charge in [0.15, 0.2) is 0 Å². The van der Waals surface area contributed by atoms with Crippen molar-refractivity contribution >= 4 is 23.6 Å². The molecule has 11 heteroatoms. The van der Waals surface area contributed by atoms with Crippen molar-refractivity contribution in [2.75, 3.05) is 45.9 Å². The van der Waals surface area contributed by atoms with E-state index in [2.05, 4.69) is 21.3 Å². The quantitative estimate of drug-likeness (QED) is 0.438. The highest BCUT2D eigenvalue weighted by atomic mass is 19.1. The third-order valence-corrected chi connectivity index (χ3v) is 7.56. The average Bonchev–Trinajstić information content (AvgIpc) is 2.99. The lowest BCUT2D eigenvalue weighted by molar-refractivity contribution is -0.134. The van der Waals surface area contributed by atoms with Gasteiger partial charge in [-0.15, -0.1) is 0 Å². The van der Waals surface area contributed by atoms with Crippen LogP contribution in [0.2, 0.25) is 0 Å². The van der Waals surface area contributed by atoms with Gasteiger partial charge in [0.05, 0.1) is 24.1 Å². The Morgan fingerprint density at radius 1 is 0.952 bits per heavy atom. The second kappa shape index (κ2) is 15.1. The fourth-order valence-electron chi connectivity index (χ4n) is 5.07. The topological polar surface area (TPSA) is 129 Å². The Bertz CT molecular complexity index is 1270. The molecule has 0 aromatic heterocycles. The van der Waals surface area contributed by atoms with Crippen molar-refractivity contribution < 1.29 is 28.3 Å². The summed E-state index contributed by atoms with van der Waals surface area (Å²) in [5.41, 5.74) is 0.502. The number of para-hydroxylation sites is 1.